The predicted octanol–water partition coefficient (Wildman–Crippen LogP) is 2.58. The molecule has 2 heterocycles. The van der Waals surface area contributed by atoms with Crippen molar-refractivity contribution in [1.82, 2.24) is 9.97 Å². The van der Waals surface area contributed by atoms with E-state index in [1.54, 1.807) is 31.5 Å². The predicted molar refractivity (Wildman–Crippen MR) is 85.6 cm³/mol. The molecule has 0 amide bonds. The van der Waals surface area contributed by atoms with E-state index < -0.39 is 5.63 Å². The molecule has 0 unspecified atom stereocenters. The van der Waals surface area contributed by atoms with Gasteiger partial charge in [0.25, 0.3) is 0 Å². The van der Waals surface area contributed by atoms with Gasteiger partial charge in [0.05, 0.1) is 23.1 Å². The summed E-state index contributed by atoms with van der Waals surface area (Å²) in [4.78, 5) is 20.9. The van der Waals surface area contributed by atoms with Gasteiger partial charge in [0, 0.05) is 13.3 Å². The lowest BCUT2D eigenvalue weighted by Gasteiger charge is -2.09. The maximum Gasteiger partial charge on any atom is 0.347 e. The van der Waals surface area contributed by atoms with Crippen molar-refractivity contribution >= 4 is 10.9 Å². The third-order valence-electron chi connectivity index (χ3n) is 3.39. The second-order valence-corrected chi connectivity index (χ2v) is 4.97. The minimum atomic E-state index is -0.421. The lowest BCUT2D eigenvalue weighted by Crippen LogP contribution is -2.08. The highest BCUT2D eigenvalue weighted by Crippen LogP contribution is 2.27. The van der Waals surface area contributed by atoms with Crippen LogP contribution in [0.4, 0.5) is 0 Å². The highest BCUT2D eigenvalue weighted by atomic mass is 16.5. The molecule has 0 bridgehead atoms. The van der Waals surface area contributed by atoms with Crippen LogP contribution in [0, 0.1) is 6.92 Å². The van der Waals surface area contributed by atoms with Crippen LogP contribution in [0.1, 0.15) is 5.56 Å². The second-order valence-electron chi connectivity index (χ2n) is 4.97. The van der Waals surface area contributed by atoms with Gasteiger partial charge in [0.2, 0.25) is 11.8 Å². The molecule has 1 aromatic carbocycles. The van der Waals surface area contributed by atoms with Crippen molar-refractivity contribution in [3.05, 3.63) is 52.5 Å². The molecule has 23 heavy (non-hydrogen) atoms. The SMILES string of the molecule is COCCOc1ncccc1-c1nc2cccc(C)c2c(=O)o1. The van der Waals surface area contributed by atoms with Gasteiger partial charge in [-0.15, -0.1) is 0 Å². The molecule has 6 nitrogen and oxygen atoms in total. The molecule has 0 spiro atoms. The van der Waals surface area contributed by atoms with Crippen LogP contribution in [0.15, 0.2) is 45.7 Å². The maximum absolute atomic E-state index is 12.3. The molecule has 0 radical (unpaired) electrons. The summed E-state index contributed by atoms with van der Waals surface area (Å²) in [6, 6.07) is 8.98. The first-order chi connectivity index (χ1) is 11.2. The molecular formula is C17H16N2O4. The number of hydrogen-bond acceptors (Lipinski definition) is 6. The van der Waals surface area contributed by atoms with E-state index in [1.807, 2.05) is 19.1 Å². The van der Waals surface area contributed by atoms with E-state index in [0.717, 1.165) is 5.56 Å². The number of fused-ring (bicyclic) bond motifs is 1. The molecule has 6 heteroatoms. The van der Waals surface area contributed by atoms with Crippen LogP contribution in [-0.4, -0.2) is 30.3 Å². The number of nitrogens with zero attached hydrogens (tertiary/aromatic N) is 2. The highest BCUT2D eigenvalue weighted by Gasteiger charge is 2.15. The Labute approximate surface area is 132 Å². The summed E-state index contributed by atoms with van der Waals surface area (Å²) < 4.78 is 15.9. The standard InChI is InChI=1S/C17H16N2O4/c1-11-5-3-7-13-14(11)17(20)23-16(19-13)12-6-4-8-18-15(12)22-10-9-21-2/h3-8H,9-10H2,1-2H3. The van der Waals surface area contributed by atoms with Gasteiger partial charge in [0.1, 0.15) is 6.61 Å². The molecule has 2 aromatic heterocycles. The second kappa shape index (κ2) is 6.58. The van der Waals surface area contributed by atoms with Gasteiger partial charge < -0.3 is 13.9 Å². The van der Waals surface area contributed by atoms with Gasteiger partial charge in [-0.05, 0) is 30.7 Å². The van der Waals surface area contributed by atoms with Crippen LogP contribution >= 0.6 is 0 Å². The van der Waals surface area contributed by atoms with E-state index in [9.17, 15) is 4.79 Å². The van der Waals surface area contributed by atoms with Crippen LogP contribution in [0.5, 0.6) is 5.88 Å². The number of benzene rings is 1. The lowest BCUT2D eigenvalue weighted by molar-refractivity contribution is 0.144. The monoisotopic (exact) mass is 312 g/mol. The van der Waals surface area contributed by atoms with Gasteiger partial charge in [-0.2, -0.15) is 0 Å². The van der Waals surface area contributed by atoms with Crippen molar-refractivity contribution in [2.75, 3.05) is 20.3 Å². The maximum atomic E-state index is 12.3. The van der Waals surface area contributed by atoms with Crippen molar-refractivity contribution in [2.24, 2.45) is 0 Å². The van der Waals surface area contributed by atoms with Crippen molar-refractivity contribution in [2.45, 2.75) is 6.92 Å². The van der Waals surface area contributed by atoms with Crippen LogP contribution in [0.2, 0.25) is 0 Å². The smallest absolute Gasteiger partial charge is 0.347 e. The van der Waals surface area contributed by atoms with Gasteiger partial charge in [-0.1, -0.05) is 12.1 Å². The average Bonchev–Trinajstić information content (AvgIpc) is 2.55. The van der Waals surface area contributed by atoms with Gasteiger partial charge >= 0.3 is 5.63 Å². The van der Waals surface area contributed by atoms with Crippen molar-refractivity contribution in [3.8, 4) is 17.3 Å². The third-order valence-corrected chi connectivity index (χ3v) is 3.39. The average molecular weight is 312 g/mol. The molecule has 0 fully saturated rings. The number of methoxy groups -OCH3 is 1. The molecule has 0 saturated carbocycles. The summed E-state index contributed by atoms with van der Waals surface area (Å²) in [5.74, 6) is 0.542. The van der Waals surface area contributed by atoms with Crippen LogP contribution in [0.25, 0.3) is 22.4 Å². The van der Waals surface area contributed by atoms with Crippen LogP contribution in [0.3, 0.4) is 0 Å². The number of aromatic nitrogens is 2. The van der Waals surface area contributed by atoms with E-state index in [1.165, 1.54) is 0 Å². The largest absolute Gasteiger partial charge is 0.475 e. The first kappa shape index (κ1) is 15.2. The molecule has 3 aromatic rings. The number of hydrogen-bond donors (Lipinski definition) is 0. The number of pyridine rings is 1. The highest BCUT2D eigenvalue weighted by molar-refractivity contribution is 5.82. The Balaban J connectivity index is 2.09. The lowest BCUT2D eigenvalue weighted by atomic mass is 10.1. The minimum Gasteiger partial charge on any atom is -0.475 e. The summed E-state index contributed by atoms with van der Waals surface area (Å²) in [5, 5.41) is 0.488. The summed E-state index contributed by atoms with van der Waals surface area (Å²) >= 11 is 0. The Kier molecular flexibility index (Phi) is 4.34. The number of ether oxygens (including phenoxy) is 2. The fourth-order valence-electron chi connectivity index (χ4n) is 2.29. The summed E-state index contributed by atoms with van der Waals surface area (Å²) in [5.41, 5.74) is 1.53. The molecular weight excluding hydrogens is 296 g/mol. The Morgan fingerprint density at radius 2 is 2.04 bits per heavy atom. The van der Waals surface area contributed by atoms with Crippen LogP contribution < -0.4 is 10.4 Å². The van der Waals surface area contributed by atoms with E-state index >= 15 is 0 Å². The Morgan fingerprint density at radius 3 is 2.87 bits per heavy atom. The minimum absolute atomic E-state index is 0.189. The van der Waals surface area contributed by atoms with Gasteiger partial charge in [-0.25, -0.2) is 14.8 Å². The Hall–Kier alpha value is -2.73. The third kappa shape index (κ3) is 3.07. The van der Waals surface area contributed by atoms with Gasteiger partial charge in [0.15, 0.2) is 0 Å². The fourth-order valence-corrected chi connectivity index (χ4v) is 2.29. The normalized spacial score (nSPS) is 10.9. The quantitative estimate of drug-likeness (QED) is 0.674. The van der Waals surface area contributed by atoms with Gasteiger partial charge in [-0.3, -0.25) is 0 Å². The van der Waals surface area contributed by atoms with Crippen molar-refractivity contribution in [3.63, 3.8) is 0 Å². The van der Waals surface area contributed by atoms with Crippen molar-refractivity contribution < 1.29 is 13.9 Å². The molecule has 3 rings (SSSR count). The zero-order valence-corrected chi connectivity index (χ0v) is 12.9. The molecule has 0 aliphatic heterocycles. The molecule has 0 atom stereocenters. The van der Waals surface area contributed by atoms with E-state index in [-0.39, 0.29) is 5.89 Å². The Morgan fingerprint density at radius 1 is 1.17 bits per heavy atom. The number of rotatable bonds is 5. The van der Waals surface area contributed by atoms with Crippen LogP contribution in [-0.2, 0) is 4.74 Å². The molecule has 0 saturated heterocycles. The topological polar surface area (TPSA) is 74.5 Å². The molecule has 118 valence electrons. The van der Waals surface area contributed by atoms with E-state index in [0.29, 0.717) is 35.6 Å². The zero-order valence-electron chi connectivity index (χ0n) is 12.9. The molecule has 0 aliphatic rings. The number of aryl methyl sites for hydroxylation is 1. The zero-order chi connectivity index (χ0) is 16.2. The van der Waals surface area contributed by atoms with E-state index in [2.05, 4.69) is 9.97 Å². The van der Waals surface area contributed by atoms with Crippen molar-refractivity contribution in [1.29, 1.82) is 0 Å². The summed E-state index contributed by atoms with van der Waals surface area (Å²) in [7, 11) is 1.59. The first-order valence-electron chi connectivity index (χ1n) is 7.18. The molecule has 0 aliphatic carbocycles. The summed E-state index contributed by atoms with van der Waals surface area (Å²) in [6.45, 7) is 2.63. The first-order valence-corrected chi connectivity index (χ1v) is 7.18. The Bertz CT molecular complexity index is 889. The molecule has 0 N–H and O–H groups in total. The van der Waals surface area contributed by atoms with E-state index in [4.69, 9.17) is 13.9 Å². The summed E-state index contributed by atoms with van der Waals surface area (Å²) in [6.07, 6.45) is 1.61. The fraction of sp³-hybridized carbons (Fsp3) is 0.235.